The molecule has 1 N–H and O–H groups in total. The Morgan fingerprint density at radius 3 is 2.50 bits per heavy atom. The molecule has 0 fully saturated rings. The highest BCUT2D eigenvalue weighted by atomic mass is 32.2. The number of sulfonamides is 1. The summed E-state index contributed by atoms with van der Waals surface area (Å²) >= 11 is 0. The largest absolute Gasteiger partial charge is 0.468 e. The lowest BCUT2D eigenvalue weighted by Crippen LogP contribution is -2.37. The predicted octanol–water partition coefficient (Wildman–Crippen LogP) is 2.96. The van der Waals surface area contributed by atoms with Crippen LogP contribution in [0.2, 0.25) is 0 Å². The first-order valence-electron chi connectivity index (χ1n) is 9.88. The number of rotatable bonds is 9. The predicted molar refractivity (Wildman–Crippen MR) is 117 cm³/mol. The van der Waals surface area contributed by atoms with Gasteiger partial charge in [-0.2, -0.15) is 0 Å². The number of nitrogens with one attached hydrogen (secondary N) is 1. The second-order valence-electron chi connectivity index (χ2n) is 7.16. The summed E-state index contributed by atoms with van der Waals surface area (Å²) in [5, 5.41) is 0. The molecule has 0 aliphatic heterocycles. The number of carbonyl (C=O) groups excluding carboxylic acids is 2. The van der Waals surface area contributed by atoms with Crippen LogP contribution in [0.5, 0.6) is 0 Å². The molecule has 3 aromatic rings. The van der Waals surface area contributed by atoms with Gasteiger partial charge in [0.05, 0.1) is 23.3 Å². The van der Waals surface area contributed by atoms with Gasteiger partial charge >= 0.3 is 5.97 Å². The molecule has 2 aromatic carbocycles. The average Bonchev–Trinajstić information content (AvgIpc) is 3.32. The summed E-state index contributed by atoms with van der Waals surface area (Å²) in [6.45, 7) is 1.83. The number of hydrogen-bond acceptors (Lipinski definition) is 6. The fourth-order valence-corrected chi connectivity index (χ4v) is 4.02. The van der Waals surface area contributed by atoms with Crippen molar-refractivity contribution in [1.82, 2.24) is 9.62 Å². The summed E-state index contributed by atoms with van der Waals surface area (Å²) in [6.07, 6.45) is 0.411. The number of nitrogens with zero attached hydrogens (tertiary/aromatic N) is 1. The smallest absolute Gasteiger partial charge is 0.338 e. The van der Waals surface area contributed by atoms with Gasteiger partial charge < -0.3 is 14.1 Å². The van der Waals surface area contributed by atoms with E-state index in [1.165, 1.54) is 42.4 Å². The minimum Gasteiger partial charge on any atom is -0.468 e. The molecule has 1 aromatic heterocycles. The van der Waals surface area contributed by atoms with E-state index >= 15 is 0 Å². The Morgan fingerprint density at radius 2 is 1.81 bits per heavy atom. The second kappa shape index (κ2) is 10.3. The molecule has 8 nitrogen and oxygen atoms in total. The topological polar surface area (TPSA) is 106 Å². The lowest BCUT2D eigenvalue weighted by molar-refractivity contribution is -0.139. The number of carbonyl (C=O) groups is 2. The van der Waals surface area contributed by atoms with Gasteiger partial charge in [0, 0.05) is 13.6 Å². The maximum Gasteiger partial charge on any atom is 0.338 e. The van der Waals surface area contributed by atoms with Gasteiger partial charge in [-0.15, -0.1) is 0 Å². The maximum absolute atomic E-state index is 12.6. The molecule has 0 saturated heterocycles. The van der Waals surface area contributed by atoms with Gasteiger partial charge in [-0.25, -0.2) is 17.9 Å². The number of ether oxygens (including phenoxy) is 1. The minimum atomic E-state index is -3.88. The Kier molecular flexibility index (Phi) is 7.45. The molecule has 3 rings (SSSR count). The third-order valence-electron chi connectivity index (χ3n) is 4.67. The zero-order chi connectivity index (χ0) is 23.1. The van der Waals surface area contributed by atoms with Crippen molar-refractivity contribution in [2.24, 2.45) is 0 Å². The highest BCUT2D eigenvalue weighted by Gasteiger charge is 2.23. The highest BCUT2D eigenvalue weighted by molar-refractivity contribution is 7.89. The molecule has 1 atom stereocenters. The standard InChI is InChI=1S/C23H24N2O6S/c1-17(22(26)25(2)16-18-8-4-3-5-9-18)31-23(27)19-10-6-12-21(14-19)32(28,29)24-15-20-11-7-13-30-20/h3-14,17,24H,15-16H2,1-2H3. The van der Waals surface area contributed by atoms with E-state index in [1.54, 1.807) is 19.2 Å². The Bertz CT molecular complexity index is 1160. The molecule has 0 radical (unpaired) electrons. The first kappa shape index (κ1) is 23.2. The van der Waals surface area contributed by atoms with Gasteiger partial charge in [0.1, 0.15) is 5.76 Å². The van der Waals surface area contributed by atoms with Crippen LogP contribution in [0.25, 0.3) is 0 Å². The van der Waals surface area contributed by atoms with Crippen LogP contribution in [0.1, 0.15) is 28.6 Å². The van der Waals surface area contributed by atoms with E-state index in [9.17, 15) is 18.0 Å². The Morgan fingerprint density at radius 1 is 1.06 bits per heavy atom. The van der Waals surface area contributed by atoms with Gasteiger partial charge in [-0.3, -0.25) is 4.79 Å². The van der Waals surface area contributed by atoms with E-state index in [0.29, 0.717) is 12.3 Å². The maximum atomic E-state index is 12.6. The minimum absolute atomic E-state index is 0.0243. The van der Waals surface area contributed by atoms with E-state index in [-0.39, 0.29) is 22.9 Å². The van der Waals surface area contributed by atoms with Crippen LogP contribution in [-0.4, -0.2) is 38.3 Å². The number of amides is 1. The first-order chi connectivity index (χ1) is 15.3. The lowest BCUT2D eigenvalue weighted by atomic mass is 10.2. The molecule has 1 heterocycles. The van der Waals surface area contributed by atoms with Crippen LogP contribution in [0.15, 0.2) is 82.3 Å². The summed E-state index contributed by atoms with van der Waals surface area (Å²) in [7, 11) is -2.26. The number of hydrogen-bond donors (Lipinski definition) is 1. The zero-order valence-electron chi connectivity index (χ0n) is 17.7. The summed E-state index contributed by atoms with van der Waals surface area (Å²) in [6, 6.07) is 18.2. The van der Waals surface area contributed by atoms with Crippen molar-refractivity contribution in [3.8, 4) is 0 Å². The Hall–Kier alpha value is -3.43. The summed E-state index contributed by atoms with van der Waals surface area (Å²) in [5.74, 6) is -0.704. The SMILES string of the molecule is CC(OC(=O)c1cccc(S(=O)(=O)NCc2ccco2)c1)C(=O)N(C)Cc1ccccc1. The van der Waals surface area contributed by atoms with Crippen molar-refractivity contribution >= 4 is 21.9 Å². The van der Waals surface area contributed by atoms with E-state index in [1.807, 2.05) is 30.3 Å². The zero-order valence-corrected chi connectivity index (χ0v) is 18.5. The molecular formula is C23H24N2O6S. The third kappa shape index (κ3) is 6.05. The van der Waals surface area contributed by atoms with E-state index in [0.717, 1.165) is 5.56 Å². The van der Waals surface area contributed by atoms with Gasteiger partial charge in [-0.05, 0) is 42.8 Å². The van der Waals surface area contributed by atoms with Crippen molar-refractivity contribution in [3.63, 3.8) is 0 Å². The van der Waals surface area contributed by atoms with E-state index in [2.05, 4.69) is 4.72 Å². The van der Waals surface area contributed by atoms with Gasteiger partial charge in [0.25, 0.3) is 5.91 Å². The van der Waals surface area contributed by atoms with E-state index < -0.39 is 22.1 Å². The first-order valence-corrected chi connectivity index (χ1v) is 11.4. The molecule has 0 spiro atoms. The van der Waals surface area contributed by atoms with Gasteiger partial charge in [0.15, 0.2) is 6.10 Å². The summed E-state index contributed by atoms with van der Waals surface area (Å²) < 4.78 is 37.9. The highest BCUT2D eigenvalue weighted by Crippen LogP contribution is 2.15. The number of benzene rings is 2. The number of furan rings is 1. The molecular weight excluding hydrogens is 432 g/mol. The molecule has 0 aliphatic carbocycles. The van der Waals surface area contributed by atoms with Gasteiger partial charge in [0.2, 0.25) is 10.0 Å². The van der Waals surface area contributed by atoms with Crippen LogP contribution in [-0.2, 0) is 32.6 Å². The monoisotopic (exact) mass is 456 g/mol. The molecule has 1 amide bonds. The number of likely N-dealkylation sites (N-methyl/N-ethyl adjacent to an activating group) is 1. The molecule has 168 valence electrons. The third-order valence-corrected chi connectivity index (χ3v) is 6.07. The van der Waals surface area contributed by atoms with Crippen LogP contribution in [0.3, 0.4) is 0 Å². The quantitative estimate of drug-likeness (QED) is 0.496. The van der Waals surface area contributed by atoms with Crippen molar-refractivity contribution < 1.29 is 27.2 Å². The molecule has 0 aliphatic rings. The average molecular weight is 457 g/mol. The fourth-order valence-electron chi connectivity index (χ4n) is 2.98. The lowest BCUT2D eigenvalue weighted by Gasteiger charge is -2.21. The van der Waals surface area contributed by atoms with Crippen molar-refractivity contribution in [2.75, 3.05) is 7.05 Å². The molecule has 0 saturated carbocycles. The summed E-state index contributed by atoms with van der Waals surface area (Å²) in [5.41, 5.74) is 0.970. The second-order valence-corrected chi connectivity index (χ2v) is 8.93. The van der Waals surface area contributed by atoms with Crippen molar-refractivity contribution in [2.45, 2.75) is 31.0 Å². The van der Waals surface area contributed by atoms with Crippen LogP contribution < -0.4 is 4.72 Å². The van der Waals surface area contributed by atoms with E-state index in [4.69, 9.17) is 9.15 Å². The summed E-state index contributed by atoms with van der Waals surface area (Å²) in [4.78, 5) is 26.5. The fraction of sp³-hybridized carbons (Fsp3) is 0.217. The Labute approximate surface area is 186 Å². The van der Waals surface area contributed by atoms with Crippen LogP contribution >= 0.6 is 0 Å². The van der Waals surface area contributed by atoms with Crippen molar-refractivity contribution in [1.29, 1.82) is 0 Å². The molecule has 32 heavy (non-hydrogen) atoms. The van der Waals surface area contributed by atoms with Crippen LogP contribution in [0.4, 0.5) is 0 Å². The number of esters is 1. The molecule has 1 unspecified atom stereocenters. The normalized spacial score (nSPS) is 12.2. The van der Waals surface area contributed by atoms with Gasteiger partial charge in [-0.1, -0.05) is 36.4 Å². The Balaban J connectivity index is 1.62. The van der Waals surface area contributed by atoms with Crippen molar-refractivity contribution in [3.05, 3.63) is 89.9 Å². The molecule has 9 heteroatoms. The molecule has 0 bridgehead atoms. The van der Waals surface area contributed by atoms with Crippen LogP contribution in [0, 0.1) is 0 Å².